The number of aryl methyl sites for hydroxylation is 5. The number of pyridine rings is 2. The van der Waals surface area contributed by atoms with Crippen LogP contribution in [0.25, 0.3) is 0 Å². The Balaban J connectivity index is 0.494. The number of carboxylic acids is 2. The smallest absolute Gasteiger partial charge is 0.320 e. The van der Waals surface area contributed by atoms with E-state index in [4.69, 9.17) is 66.8 Å². The van der Waals surface area contributed by atoms with Crippen molar-refractivity contribution in [1.29, 1.82) is 0 Å². The van der Waals surface area contributed by atoms with Gasteiger partial charge in [-0.15, -0.1) is 10.2 Å². The molecule has 0 radical (unpaired) electrons. The number of carboxylic acid groups (broad SMARTS) is 2. The minimum Gasteiger partial charge on any atom is -0.488 e. The lowest BCUT2D eigenvalue weighted by Crippen LogP contribution is -2.47. The van der Waals surface area contributed by atoms with E-state index >= 15 is 8.78 Å². The number of carbonyl (C=O) groups is 8. The standard InChI is InChI=1S/C94H137F2N17O22/c1-93(2,3)102-86(116)16-7-17-87(117)103-94(4,28-26-84(114)97-31-41-124-53-55-132-67-75-65-110(106-104-75)39-43-126-45-47-128-49-51-130-57-59-134-82-24-20-71(61-77(82)95)80(63-88(118)119)112-37-35-108(91(112)122)33-9-13-73-22-18-69-11-5-6-15-79(69)100-73)29-27-85(115)98-32-42-125-54-56-133-68-76-66-111(107-105-76)40-44-127-46-48-129-50-52-131-58-60-135-83-25-21-72(62-78(83)96)81(64-89(120)121)113-38-36-109(92(113)123)34-10-14-74-23-19-70-12-8-30-99-90(70)101-74/h18-25,61-62,65-66,80-81H,5-17,26-60,63-64,67-68H2,1-4H3,(H,97,114)(H,98,115)(H,99,101)(H,102,116)(H,103,117)(H,118,119)(H,120,121)/t80-,81-,94?/m0/s1. The molecule has 0 saturated carbocycles. The highest BCUT2D eigenvalue weighted by Gasteiger charge is 2.38. The number of rotatable bonds is 69. The van der Waals surface area contributed by atoms with Crippen LogP contribution in [-0.4, -0.2) is 320 Å². The van der Waals surface area contributed by atoms with Crippen molar-refractivity contribution in [3.63, 3.8) is 0 Å². The third-order valence-electron chi connectivity index (χ3n) is 22.8. The van der Waals surface area contributed by atoms with E-state index in [1.807, 2.05) is 26.8 Å². The first kappa shape index (κ1) is 106. The fourth-order valence-electron chi connectivity index (χ4n) is 15.9. The van der Waals surface area contributed by atoms with Gasteiger partial charge in [-0.1, -0.05) is 34.7 Å². The van der Waals surface area contributed by atoms with Crippen LogP contribution in [0.3, 0.4) is 0 Å². The van der Waals surface area contributed by atoms with Crippen molar-refractivity contribution in [2.75, 3.05) is 196 Å². The van der Waals surface area contributed by atoms with E-state index in [0.717, 1.165) is 68.7 Å². The van der Waals surface area contributed by atoms with Crippen molar-refractivity contribution in [3.8, 4) is 11.5 Å². The second-order valence-electron chi connectivity index (χ2n) is 34.8. The number of aromatic nitrogens is 8. The molecular formula is C94H137F2N17O22. The Bertz CT molecular complexity index is 4400. The van der Waals surface area contributed by atoms with Gasteiger partial charge in [0.25, 0.3) is 0 Å². The average Bonchev–Trinajstić information content (AvgIpc) is 1.68. The van der Waals surface area contributed by atoms with Crippen LogP contribution in [-0.2, 0) is 135 Å². The second kappa shape index (κ2) is 58.0. The Labute approximate surface area is 787 Å². The summed E-state index contributed by atoms with van der Waals surface area (Å²) >= 11 is 0. The largest absolute Gasteiger partial charge is 0.488 e. The van der Waals surface area contributed by atoms with Crippen LogP contribution in [0.2, 0.25) is 0 Å². The predicted octanol–water partition coefficient (Wildman–Crippen LogP) is 7.72. The number of benzene rings is 2. The summed E-state index contributed by atoms with van der Waals surface area (Å²) in [5.74, 6) is -3.65. The number of nitrogens with one attached hydrogen (secondary N) is 5. The Kier molecular flexibility index (Phi) is 45.6. The monoisotopic (exact) mass is 1890 g/mol. The van der Waals surface area contributed by atoms with Crippen LogP contribution in [0.4, 0.5) is 24.2 Å². The van der Waals surface area contributed by atoms with E-state index in [1.165, 1.54) is 57.3 Å². The number of fused-ring (bicyclic) bond motifs is 2. The molecule has 4 aliphatic rings. The molecule has 41 heteroatoms. The minimum atomic E-state index is -1.11. The topological polar surface area (TPSA) is 448 Å². The van der Waals surface area contributed by atoms with Gasteiger partial charge in [0.2, 0.25) is 23.6 Å². The molecule has 3 atom stereocenters. The normalized spacial score (nSPS) is 14.7. The molecular weight excluding hydrogens is 1760 g/mol. The first-order chi connectivity index (χ1) is 65.4. The molecule has 2 saturated heterocycles. The SMILES string of the molecule is CC(C)(C)NC(=O)CCCC(=O)NC(C)(CCC(=O)NCCOCCOCc1cn(CCOCCOCCOCCOc2ccc([C@H](CC(=O)O)N3CCN(CCCc4ccc5c(n4)CCCC5)C3=O)cc2F)nn1)CCC(=O)NCCOCCOCc1cn(CCOCCOCCOCCOc2ccc([C@H](CC(=O)O)N3CCN(CCCc4ccc5c(n4)NCCC5)C3=O)cc2F)nn1. The average molecular weight is 1900 g/mol. The number of halogens is 2. The Hall–Kier alpha value is -10.8. The number of hydrogen-bond donors (Lipinski definition) is 7. The fraction of sp³-hybridized carbons (Fsp3) is 0.638. The predicted molar refractivity (Wildman–Crippen MR) is 488 cm³/mol. The van der Waals surface area contributed by atoms with Gasteiger partial charge in [-0.2, -0.15) is 0 Å². The Morgan fingerprint density at radius 1 is 0.452 bits per heavy atom. The molecule has 2 fully saturated rings. The third kappa shape index (κ3) is 39.1. The zero-order valence-electron chi connectivity index (χ0n) is 78.5. The molecule has 744 valence electrons. The van der Waals surface area contributed by atoms with Crippen molar-refractivity contribution < 1.29 is 114 Å². The molecule has 2 aromatic carbocycles. The van der Waals surface area contributed by atoms with Gasteiger partial charge < -0.3 is 113 Å². The molecule has 7 N–H and O–H groups in total. The highest BCUT2D eigenvalue weighted by Crippen LogP contribution is 2.35. The molecule has 4 aromatic heterocycles. The molecule has 6 aromatic rings. The van der Waals surface area contributed by atoms with Crippen LogP contribution in [0, 0.1) is 11.6 Å². The van der Waals surface area contributed by atoms with Gasteiger partial charge in [-0.05, 0) is 170 Å². The number of aliphatic carboxylic acids is 2. The number of amides is 8. The Morgan fingerprint density at radius 2 is 0.881 bits per heavy atom. The molecule has 1 unspecified atom stereocenters. The number of nitrogens with zero attached hydrogens (tertiary/aromatic N) is 12. The zero-order chi connectivity index (χ0) is 95.8. The maximum Gasteiger partial charge on any atom is 0.320 e. The summed E-state index contributed by atoms with van der Waals surface area (Å²) in [6.45, 7) is 17.8. The third-order valence-corrected chi connectivity index (χ3v) is 22.8. The maximum absolute atomic E-state index is 15.4. The summed E-state index contributed by atoms with van der Waals surface area (Å²) < 4.78 is 102. The van der Waals surface area contributed by atoms with E-state index in [0.29, 0.717) is 147 Å². The van der Waals surface area contributed by atoms with Gasteiger partial charge >= 0.3 is 24.0 Å². The second-order valence-corrected chi connectivity index (χ2v) is 34.8. The van der Waals surface area contributed by atoms with Gasteiger partial charge in [-0.3, -0.25) is 33.8 Å². The molecule has 3 aliphatic heterocycles. The number of urea groups is 2. The molecule has 0 spiro atoms. The summed E-state index contributed by atoms with van der Waals surface area (Å²) in [6.07, 6.45) is 13.2. The first-order valence-corrected chi connectivity index (χ1v) is 47.2. The van der Waals surface area contributed by atoms with Crippen molar-refractivity contribution in [1.82, 2.24) is 80.8 Å². The maximum atomic E-state index is 15.4. The van der Waals surface area contributed by atoms with Crippen LogP contribution in [0.15, 0.2) is 73.1 Å². The molecule has 0 bridgehead atoms. The fourth-order valence-corrected chi connectivity index (χ4v) is 15.9. The summed E-state index contributed by atoms with van der Waals surface area (Å²) in [5.41, 5.74) is 6.30. The van der Waals surface area contributed by atoms with Gasteiger partial charge in [0.05, 0.1) is 183 Å². The lowest BCUT2D eigenvalue weighted by molar-refractivity contribution is -0.139. The van der Waals surface area contributed by atoms with Crippen molar-refractivity contribution >= 4 is 53.4 Å². The molecule has 39 nitrogen and oxygen atoms in total. The lowest BCUT2D eigenvalue weighted by atomic mass is 9.89. The van der Waals surface area contributed by atoms with E-state index in [9.17, 15) is 48.6 Å². The number of hydrogen-bond acceptors (Lipinski definition) is 27. The van der Waals surface area contributed by atoms with Gasteiger partial charge in [0.1, 0.15) is 30.4 Å². The quantitative estimate of drug-likeness (QED) is 0.0180. The summed E-state index contributed by atoms with van der Waals surface area (Å²) in [6, 6.07) is 14.6. The van der Waals surface area contributed by atoms with Crippen LogP contribution in [0.1, 0.15) is 180 Å². The highest BCUT2D eigenvalue weighted by atomic mass is 19.1. The van der Waals surface area contributed by atoms with Crippen LogP contribution < -0.4 is 36.1 Å². The van der Waals surface area contributed by atoms with E-state index < -0.39 is 46.7 Å². The number of carbonyl (C=O) groups excluding carboxylic acids is 6. The van der Waals surface area contributed by atoms with Crippen molar-refractivity contribution in [3.05, 3.63) is 135 Å². The van der Waals surface area contributed by atoms with E-state index in [1.54, 1.807) is 50.6 Å². The molecule has 10 rings (SSSR count). The van der Waals surface area contributed by atoms with Crippen LogP contribution >= 0.6 is 0 Å². The molecule has 8 amide bonds. The summed E-state index contributed by atoms with van der Waals surface area (Å²) in [7, 11) is 0. The van der Waals surface area contributed by atoms with Crippen molar-refractivity contribution in [2.24, 2.45) is 0 Å². The Morgan fingerprint density at radius 3 is 1.36 bits per heavy atom. The first-order valence-electron chi connectivity index (χ1n) is 47.2. The number of anilines is 1. The summed E-state index contributed by atoms with van der Waals surface area (Å²) in [5, 5.41) is 51.1. The molecule has 1 aliphatic carbocycles. The van der Waals surface area contributed by atoms with Crippen molar-refractivity contribution in [2.45, 2.75) is 199 Å². The number of ether oxygens (including phenoxy) is 12. The lowest BCUT2D eigenvalue weighted by Gasteiger charge is -2.31. The van der Waals surface area contributed by atoms with Crippen LogP contribution in [0.5, 0.6) is 11.5 Å². The zero-order valence-corrected chi connectivity index (χ0v) is 78.5. The molecule has 7 heterocycles. The van der Waals surface area contributed by atoms with E-state index in [-0.39, 0.29) is 204 Å². The van der Waals surface area contributed by atoms with Gasteiger partial charge in [0, 0.05) is 113 Å². The van der Waals surface area contributed by atoms with Gasteiger partial charge in [-0.25, -0.2) is 32.7 Å². The van der Waals surface area contributed by atoms with Gasteiger partial charge in [0.15, 0.2) is 23.1 Å². The molecule has 135 heavy (non-hydrogen) atoms. The minimum absolute atomic E-state index is 0.0167. The highest BCUT2D eigenvalue weighted by molar-refractivity contribution is 5.81. The van der Waals surface area contributed by atoms with E-state index in [2.05, 4.69) is 65.4 Å². The summed E-state index contributed by atoms with van der Waals surface area (Å²) in [4.78, 5) is 119.